The summed E-state index contributed by atoms with van der Waals surface area (Å²) in [4.78, 5) is 12.5. The van der Waals surface area contributed by atoms with Crippen molar-refractivity contribution >= 4 is 11.6 Å². The Morgan fingerprint density at radius 1 is 1.30 bits per heavy atom. The van der Waals surface area contributed by atoms with Crippen LogP contribution >= 0.6 is 0 Å². The summed E-state index contributed by atoms with van der Waals surface area (Å²) in [5, 5.41) is 15.9. The monoisotopic (exact) mass is 315 g/mol. The van der Waals surface area contributed by atoms with E-state index >= 15 is 0 Å². The van der Waals surface area contributed by atoms with Crippen LogP contribution in [0.15, 0.2) is 30.3 Å². The van der Waals surface area contributed by atoms with Crippen molar-refractivity contribution in [2.45, 2.75) is 32.7 Å². The van der Waals surface area contributed by atoms with E-state index in [0.717, 1.165) is 5.69 Å². The maximum absolute atomic E-state index is 12.5. The molecule has 0 aromatic heterocycles. The lowest BCUT2D eigenvalue weighted by atomic mass is 9.81. The number of ether oxygens (including phenoxy) is 1. The zero-order valence-electron chi connectivity index (χ0n) is 13.8. The molecule has 1 saturated heterocycles. The van der Waals surface area contributed by atoms with Gasteiger partial charge in [0.1, 0.15) is 5.41 Å². The van der Waals surface area contributed by atoms with Gasteiger partial charge in [0, 0.05) is 31.5 Å². The van der Waals surface area contributed by atoms with Crippen molar-refractivity contribution in [2.24, 2.45) is 11.3 Å². The zero-order valence-corrected chi connectivity index (χ0v) is 13.8. The fraction of sp³-hybridized carbons (Fsp3) is 0.556. The van der Waals surface area contributed by atoms with Gasteiger partial charge in [-0.25, -0.2) is 0 Å². The van der Waals surface area contributed by atoms with E-state index in [-0.39, 0.29) is 11.9 Å². The van der Waals surface area contributed by atoms with Crippen LogP contribution in [0, 0.1) is 22.7 Å². The van der Waals surface area contributed by atoms with Crippen LogP contribution in [0.5, 0.6) is 0 Å². The quantitative estimate of drug-likeness (QED) is 0.846. The van der Waals surface area contributed by atoms with Crippen LogP contribution in [0.1, 0.15) is 26.7 Å². The van der Waals surface area contributed by atoms with Gasteiger partial charge in [0.15, 0.2) is 0 Å². The molecule has 124 valence electrons. The Hall–Kier alpha value is -2.06. The second kappa shape index (κ2) is 7.98. The molecule has 1 fully saturated rings. The van der Waals surface area contributed by atoms with Crippen molar-refractivity contribution in [3.8, 4) is 6.07 Å². The number of hydrogen-bond acceptors (Lipinski definition) is 4. The third-order valence-corrected chi connectivity index (χ3v) is 4.41. The van der Waals surface area contributed by atoms with Crippen LogP contribution in [0.2, 0.25) is 0 Å². The van der Waals surface area contributed by atoms with E-state index in [1.54, 1.807) is 0 Å². The van der Waals surface area contributed by atoms with Crippen LogP contribution in [0.4, 0.5) is 5.69 Å². The summed E-state index contributed by atoms with van der Waals surface area (Å²) in [6.07, 6.45) is 0.932. The minimum Gasteiger partial charge on any atom is -0.381 e. The molecule has 1 amide bonds. The summed E-state index contributed by atoms with van der Waals surface area (Å²) < 4.78 is 5.28. The maximum Gasteiger partial charge on any atom is 0.240 e. The highest BCUT2D eigenvalue weighted by molar-refractivity contribution is 5.85. The van der Waals surface area contributed by atoms with E-state index in [2.05, 4.69) is 30.6 Å². The Balaban J connectivity index is 1.95. The highest BCUT2D eigenvalue weighted by atomic mass is 16.5. The number of hydrogen-bond donors (Lipinski definition) is 2. The van der Waals surface area contributed by atoms with Crippen LogP contribution in [-0.4, -0.2) is 31.7 Å². The van der Waals surface area contributed by atoms with E-state index in [9.17, 15) is 10.1 Å². The highest BCUT2D eigenvalue weighted by Crippen LogP contribution is 2.29. The zero-order chi connectivity index (χ0) is 16.7. The molecule has 1 aliphatic heterocycles. The number of benzene rings is 1. The lowest BCUT2D eigenvalue weighted by molar-refractivity contribution is -0.132. The molecule has 0 spiro atoms. The van der Waals surface area contributed by atoms with Crippen LogP contribution < -0.4 is 10.6 Å². The second-order valence-corrected chi connectivity index (χ2v) is 6.38. The first kappa shape index (κ1) is 17.3. The van der Waals surface area contributed by atoms with Crippen LogP contribution in [0.3, 0.4) is 0 Å². The highest BCUT2D eigenvalue weighted by Gasteiger charge is 2.40. The molecule has 2 N–H and O–H groups in total. The van der Waals surface area contributed by atoms with Gasteiger partial charge in [0.25, 0.3) is 0 Å². The van der Waals surface area contributed by atoms with Crippen molar-refractivity contribution in [1.82, 2.24) is 5.32 Å². The van der Waals surface area contributed by atoms with Gasteiger partial charge >= 0.3 is 0 Å². The van der Waals surface area contributed by atoms with Crippen LogP contribution in [-0.2, 0) is 9.53 Å². The number of nitrogens with zero attached hydrogens (tertiary/aromatic N) is 1. The van der Waals surface area contributed by atoms with Gasteiger partial charge in [-0.1, -0.05) is 32.0 Å². The molecule has 5 heteroatoms. The van der Waals surface area contributed by atoms with Gasteiger partial charge < -0.3 is 15.4 Å². The third-order valence-electron chi connectivity index (χ3n) is 4.41. The smallest absolute Gasteiger partial charge is 0.240 e. The Morgan fingerprint density at radius 3 is 2.52 bits per heavy atom. The number of carbonyl (C=O) groups is 1. The minimum absolute atomic E-state index is 0.108. The van der Waals surface area contributed by atoms with Crippen molar-refractivity contribution in [2.75, 3.05) is 25.1 Å². The largest absolute Gasteiger partial charge is 0.381 e. The van der Waals surface area contributed by atoms with E-state index < -0.39 is 5.41 Å². The van der Waals surface area contributed by atoms with Crippen LogP contribution in [0.25, 0.3) is 0 Å². The minimum atomic E-state index is -0.938. The van der Waals surface area contributed by atoms with Gasteiger partial charge in [-0.15, -0.1) is 0 Å². The summed E-state index contributed by atoms with van der Waals surface area (Å²) in [6, 6.07) is 12.3. The topological polar surface area (TPSA) is 74.2 Å². The summed E-state index contributed by atoms with van der Waals surface area (Å²) >= 11 is 0. The Morgan fingerprint density at radius 2 is 1.96 bits per heavy atom. The molecular formula is C18H25N3O2. The molecule has 5 nitrogen and oxygen atoms in total. The summed E-state index contributed by atoms with van der Waals surface area (Å²) in [7, 11) is 0. The Labute approximate surface area is 138 Å². The number of nitriles is 1. The van der Waals surface area contributed by atoms with Crippen molar-refractivity contribution in [3.05, 3.63) is 30.3 Å². The number of para-hydroxylation sites is 1. The second-order valence-electron chi connectivity index (χ2n) is 6.38. The van der Waals surface area contributed by atoms with Gasteiger partial charge in [-0.2, -0.15) is 5.26 Å². The fourth-order valence-corrected chi connectivity index (χ4v) is 2.68. The van der Waals surface area contributed by atoms with E-state index in [0.29, 0.717) is 38.5 Å². The molecule has 1 atom stereocenters. The SMILES string of the molecule is CC(C)[C@H](CNC(=O)C1(C#N)CCOCC1)Nc1ccccc1. The van der Waals surface area contributed by atoms with E-state index in [1.807, 2.05) is 30.3 Å². The first-order valence-corrected chi connectivity index (χ1v) is 8.16. The molecule has 1 aromatic carbocycles. The first-order valence-electron chi connectivity index (χ1n) is 8.16. The molecule has 1 heterocycles. The van der Waals surface area contributed by atoms with Gasteiger partial charge in [-0.3, -0.25) is 4.79 Å². The summed E-state index contributed by atoms with van der Waals surface area (Å²) in [5.41, 5.74) is 0.0912. The summed E-state index contributed by atoms with van der Waals surface area (Å²) in [5.74, 6) is 0.173. The molecule has 2 rings (SSSR count). The van der Waals surface area contributed by atoms with Gasteiger partial charge in [-0.05, 0) is 30.9 Å². The molecule has 1 aromatic rings. The van der Waals surface area contributed by atoms with Gasteiger partial charge in [0.2, 0.25) is 5.91 Å². The predicted octanol–water partition coefficient (Wildman–Crippen LogP) is 2.56. The average molecular weight is 315 g/mol. The van der Waals surface area contributed by atoms with E-state index in [4.69, 9.17) is 4.74 Å². The number of amides is 1. The van der Waals surface area contributed by atoms with Crippen molar-refractivity contribution < 1.29 is 9.53 Å². The summed E-state index contributed by atoms with van der Waals surface area (Å²) in [6.45, 7) is 5.66. The van der Waals surface area contributed by atoms with Crippen molar-refractivity contribution in [3.63, 3.8) is 0 Å². The normalized spacial score (nSPS) is 18.0. The lowest BCUT2D eigenvalue weighted by Crippen LogP contribution is -2.48. The molecule has 0 aliphatic carbocycles. The Bertz CT molecular complexity index is 545. The van der Waals surface area contributed by atoms with E-state index in [1.165, 1.54) is 0 Å². The Kier molecular flexibility index (Phi) is 6.00. The molecule has 1 aliphatic rings. The molecule has 0 bridgehead atoms. The maximum atomic E-state index is 12.5. The number of nitrogens with one attached hydrogen (secondary N) is 2. The number of rotatable bonds is 6. The standard InChI is InChI=1S/C18H25N3O2/c1-14(2)16(21-15-6-4-3-5-7-15)12-20-17(22)18(13-19)8-10-23-11-9-18/h3-7,14,16,21H,8-12H2,1-2H3,(H,20,22)/t16-/m0/s1. The lowest BCUT2D eigenvalue weighted by Gasteiger charge is -2.31. The average Bonchev–Trinajstić information content (AvgIpc) is 2.59. The molecule has 0 unspecified atom stereocenters. The van der Waals surface area contributed by atoms with Crippen molar-refractivity contribution in [1.29, 1.82) is 5.26 Å². The fourth-order valence-electron chi connectivity index (χ4n) is 2.68. The molecule has 0 radical (unpaired) electrons. The number of anilines is 1. The molecule has 23 heavy (non-hydrogen) atoms. The molecular weight excluding hydrogens is 290 g/mol. The molecule has 0 saturated carbocycles. The predicted molar refractivity (Wildman–Crippen MR) is 89.8 cm³/mol. The third kappa shape index (κ3) is 4.46. The van der Waals surface area contributed by atoms with Gasteiger partial charge in [0.05, 0.1) is 6.07 Å². The number of carbonyl (C=O) groups excluding carboxylic acids is 1. The first-order chi connectivity index (χ1) is 11.1.